The predicted octanol–water partition coefficient (Wildman–Crippen LogP) is 0.488. The molecule has 0 radical (unpaired) electrons. The maximum Gasteiger partial charge on any atom is 0.313 e. The van der Waals surface area contributed by atoms with Crippen LogP contribution in [0.3, 0.4) is 0 Å². The summed E-state index contributed by atoms with van der Waals surface area (Å²) in [6, 6.07) is 0. The van der Waals surface area contributed by atoms with Crippen LogP contribution >= 0.6 is 0 Å². The van der Waals surface area contributed by atoms with Crippen molar-refractivity contribution in [2.45, 2.75) is 25.7 Å². The number of hydrogen-bond acceptors (Lipinski definition) is 4. The minimum absolute atomic E-state index is 0.177. The Morgan fingerprint density at radius 1 is 1.42 bits per heavy atom. The first-order chi connectivity index (χ1) is 5.70. The third-order valence-electron chi connectivity index (χ3n) is 1.35. The first kappa shape index (κ1) is 10.8. The van der Waals surface area contributed by atoms with Gasteiger partial charge in [-0.3, -0.25) is 9.59 Å². The largest absolute Gasteiger partial charge is 0.469 e. The van der Waals surface area contributed by atoms with E-state index in [0.717, 1.165) is 6.29 Å². The predicted molar refractivity (Wildman–Crippen MR) is 41.6 cm³/mol. The normalized spacial score (nSPS) is 9.08. The maximum absolute atomic E-state index is 10.9. The molecule has 0 heterocycles. The number of aldehydes is 1. The van der Waals surface area contributed by atoms with Crippen LogP contribution in [-0.2, 0) is 19.1 Å². The van der Waals surface area contributed by atoms with Crippen molar-refractivity contribution in [3.8, 4) is 0 Å². The second-order valence-electron chi connectivity index (χ2n) is 2.35. The van der Waals surface area contributed by atoms with Crippen LogP contribution in [0.1, 0.15) is 25.7 Å². The smallest absolute Gasteiger partial charge is 0.313 e. The van der Waals surface area contributed by atoms with E-state index in [1.54, 1.807) is 0 Å². The SMILES string of the molecule is COC(=O)CC(=O)CCCC=O. The first-order valence-electron chi connectivity index (χ1n) is 3.73. The van der Waals surface area contributed by atoms with Crippen LogP contribution in [0.5, 0.6) is 0 Å². The molecule has 4 nitrogen and oxygen atoms in total. The molecule has 0 aliphatic heterocycles. The molecule has 0 rings (SSSR count). The van der Waals surface area contributed by atoms with E-state index < -0.39 is 5.97 Å². The Labute approximate surface area is 70.9 Å². The number of ether oxygens (including phenoxy) is 1. The molecule has 0 saturated carbocycles. The Kier molecular flexibility index (Phi) is 5.87. The van der Waals surface area contributed by atoms with Crippen LogP contribution in [0.15, 0.2) is 0 Å². The zero-order chi connectivity index (χ0) is 9.40. The van der Waals surface area contributed by atoms with Crippen molar-refractivity contribution in [1.29, 1.82) is 0 Å². The monoisotopic (exact) mass is 172 g/mol. The minimum atomic E-state index is -0.522. The fraction of sp³-hybridized carbons (Fsp3) is 0.625. The molecule has 0 aliphatic carbocycles. The van der Waals surface area contributed by atoms with Gasteiger partial charge in [-0.1, -0.05) is 0 Å². The third kappa shape index (κ3) is 5.58. The lowest BCUT2D eigenvalue weighted by atomic mass is 10.1. The van der Waals surface area contributed by atoms with Crippen molar-refractivity contribution < 1.29 is 19.1 Å². The van der Waals surface area contributed by atoms with Crippen LogP contribution in [0.25, 0.3) is 0 Å². The molecular weight excluding hydrogens is 160 g/mol. The quantitative estimate of drug-likeness (QED) is 0.253. The van der Waals surface area contributed by atoms with Crippen molar-refractivity contribution in [2.24, 2.45) is 0 Å². The maximum atomic E-state index is 10.9. The van der Waals surface area contributed by atoms with E-state index in [-0.39, 0.29) is 18.6 Å². The number of methoxy groups -OCH3 is 1. The van der Waals surface area contributed by atoms with Crippen molar-refractivity contribution >= 4 is 18.0 Å². The lowest BCUT2D eigenvalue weighted by Crippen LogP contribution is -2.08. The van der Waals surface area contributed by atoms with Crippen molar-refractivity contribution in [1.82, 2.24) is 0 Å². The summed E-state index contributed by atoms with van der Waals surface area (Å²) in [7, 11) is 1.24. The topological polar surface area (TPSA) is 60.4 Å². The first-order valence-corrected chi connectivity index (χ1v) is 3.73. The van der Waals surface area contributed by atoms with Gasteiger partial charge in [-0.15, -0.1) is 0 Å². The van der Waals surface area contributed by atoms with Gasteiger partial charge in [0.25, 0.3) is 0 Å². The molecule has 68 valence electrons. The molecule has 0 saturated heterocycles. The van der Waals surface area contributed by atoms with Crippen LogP contribution in [0.2, 0.25) is 0 Å². The van der Waals surface area contributed by atoms with Crippen LogP contribution in [0, 0.1) is 0 Å². The van der Waals surface area contributed by atoms with E-state index in [0.29, 0.717) is 12.8 Å². The average molecular weight is 172 g/mol. The van der Waals surface area contributed by atoms with E-state index in [2.05, 4.69) is 4.74 Å². The molecule has 0 aliphatic rings. The second kappa shape index (κ2) is 6.52. The molecule has 0 unspecified atom stereocenters. The number of carbonyl (C=O) groups is 3. The Balaban J connectivity index is 3.46. The molecule has 0 aromatic heterocycles. The highest BCUT2D eigenvalue weighted by atomic mass is 16.5. The average Bonchev–Trinajstić information content (AvgIpc) is 2.05. The fourth-order valence-electron chi connectivity index (χ4n) is 0.704. The van der Waals surface area contributed by atoms with E-state index in [1.165, 1.54) is 7.11 Å². The summed E-state index contributed by atoms with van der Waals surface area (Å²) in [4.78, 5) is 31.3. The van der Waals surface area contributed by atoms with Gasteiger partial charge in [0.1, 0.15) is 18.5 Å². The number of hydrogen-bond donors (Lipinski definition) is 0. The Morgan fingerprint density at radius 2 is 2.08 bits per heavy atom. The highest BCUT2D eigenvalue weighted by molar-refractivity contribution is 5.95. The molecule has 0 atom stereocenters. The van der Waals surface area contributed by atoms with Gasteiger partial charge in [-0.2, -0.15) is 0 Å². The lowest BCUT2D eigenvalue weighted by Gasteiger charge is -1.96. The molecule has 0 fully saturated rings. The van der Waals surface area contributed by atoms with Crippen LogP contribution < -0.4 is 0 Å². The number of carbonyl (C=O) groups excluding carboxylic acids is 3. The summed E-state index contributed by atoms with van der Waals surface area (Å²) in [6.45, 7) is 0. The second-order valence-corrected chi connectivity index (χ2v) is 2.35. The molecule has 0 N–H and O–H groups in total. The summed E-state index contributed by atoms with van der Waals surface area (Å²) < 4.78 is 4.30. The Morgan fingerprint density at radius 3 is 2.58 bits per heavy atom. The summed E-state index contributed by atoms with van der Waals surface area (Å²) in [6.07, 6.45) is 1.72. The molecule has 0 spiro atoms. The van der Waals surface area contributed by atoms with E-state index in [9.17, 15) is 14.4 Å². The Bertz CT molecular complexity index is 174. The van der Waals surface area contributed by atoms with E-state index >= 15 is 0 Å². The molecule has 0 aromatic rings. The molecule has 4 heteroatoms. The fourth-order valence-corrected chi connectivity index (χ4v) is 0.704. The van der Waals surface area contributed by atoms with Crippen molar-refractivity contribution in [2.75, 3.05) is 7.11 Å². The number of Topliss-reactive ketones (excluding diaryl/α,β-unsaturated/α-hetero) is 1. The van der Waals surface area contributed by atoms with Gasteiger partial charge in [-0.25, -0.2) is 0 Å². The number of esters is 1. The van der Waals surface area contributed by atoms with Gasteiger partial charge in [0, 0.05) is 12.8 Å². The summed E-state index contributed by atoms with van der Waals surface area (Å²) in [5.41, 5.74) is 0. The summed E-state index contributed by atoms with van der Waals surface area (Å²) >= 11 is 0. The zero-order valence-corrected chi connectivity index (χ0v) is 7.04. The van der Waals surface area contributed by atoms with Gasteiger partial charge in [0.15, 0.2) is 0 Å². The van der Waals surface area contributed by atoms with E-state index in [4.69, 9.17) is 0 Å². The van der Waals surface area contributed by atoms with Crippen LogP contribution in [-0.4, -0.2) is 25.1 Å². The Hall–Kier alpha value is -1.19. The minimum Gasteiger partial charge on any atom is -0.469 e. The highest BCUT2D eigenvalue weighted by Crippen LogP contribution is 1.98. The number of unbranched alkanes of at least 4 members (excludes halogenated alkanes) is 1. The van der Waals surface area contributed by atoms with Gasteiger partial charge in [0.2, 0.25) is 0 Å². The van der Waals surface area contributed by atoms with Crippen LogP contribution in [0.4, 0.5) is 0 Å². The van der Waals surface area contributed by atoms with E-state index in [1.807, 2.05) is 0 Å². The molecule has 0 aromatic carbocycles. The third-order valence-corrected chi connectivity index (χ3v) is 1.35. The van der Waals surface area contributed by atoms with Gasteiger partial charge in [-0.05, 0) is 6.42 Å². The van der Waals surface area contributed by atoms with Crippen molar-refractivity contribution in [3.05, 3.63) is 0 Å². The van der Waals surface area contributed by atoms with Gasteiger partial charge >= 0.3 is 5.97 Å². The number of ketones is 1. The van der Waals surface area contributed by atoms with Gasteiger partial charge in [0.05, 0.1) is 7.11 Å². The molecule has 12 heavy (non-hydrogen) atoms. The number of rotatable bonds is 6. The summed E-state index contributed by atoms with van der Waals surface area (Å²) in [5.74, 6) is -0.699. The lowest BCUT2D eigenvalue weighted by molar-refractivity contribution is -0.143. The highest BCUT2D eigenvalue weighted by Gasteiger charge is 2.08. The van der Waals surface area contributed by atoms with Crippen molar-refractivity contribution in [3.63, 3.8) is 0 Å². The zero-order valence-electron chi connectivity index (χ0n) is 7.04. The molecule has 0 amide bonds. The standard InChI is InChI=1S/C8H12O4/c1-12-8(11)6-7(10)4-2-3-5-9/h5H,2-4,6H2,1H3. The van der Waals surface area contributed by atoms with Gasteiger partial charge < -0.3 is 9.53 Å². The summed E-state index contributed by atoms with van der Waals surface area (Å²) in [5, 5.41) is 0. The molecule has 0 bridgehead atoms. The molecular formula is C8H12O4.